The maximum Gasteiger partial charge on any atom is 0.101 e. The van der Waals surface area contributed by atoms with Crippen LogP contribution in [0.4, 0.5) is 0 Å². The Morgan fingerprint density at radius 2 is 2.20 bits per heavy atom. The van der Waals surface area contributed by atoms with Gasteiger partial charge in [0.15, 0.2) is 0 Å². The van der Waals surface area contributed by atoms with Gasteiger partial charge in [-0.1, -0.05) is 40.0 Å². The van der Waals surface area contributed by atoms with Crippen molar-refractivity contribution in [2.75, 3.05) is 0 Å². The van der Waals surface area contributed by atoms with Crippen molar-refractivity contribution in [3.05, 3.63) is 41.1 Å². The Morgan fingerprint density at radius 1 is 1.40 bits per heavy atom. The summed E-state index contributed by atoms with van der Waals surface area (Å²) in [4.78, 5) is 0. The highest BCUT2D eigenvalue weighted by atomic mass is 79.9. The normalized spacial score (nSPS) is 9.87. The van der Waals surface area contributed by atoms with Gasteiger partial charge < -0.3 is 0 Å². The van der Waals surface area contributed by atoms with Crippen LogP contribution < -0.4 is 0 Å². The third-order valence-electron chi connectivity index (χ3n) is 2.07. The molecule has 15 heavy (non-hydrogen) atoms. The number of benzene rings is 1. The molecule has 0 spiro atoms. The standard InChI is InChI=1S/C12H9BrN2/c1-2-7-15-9-10(8-14-15)11-5-3-4-6-12(11)13/h1,3-6,8-9H,7H2. The second-order valence-electron chi connectivity index (χ2n) is 3.11. The monoisotopic (exact) mass is 260 g/mol. The second kappa shape index (κ2) is 4.33. The van der Waals surface area contributed by atoms with Gasteiger partial charge in [-0.15, -0.1) is 6.42 Å². The first kappa shape index (κ1) is 10.0. The van der Waals surface area contributed by atoms with Crippen LogP contribution in [0.3, 0.4) is 0 Å². The fraction of sp³-hybridized carbons (Fsp3) is 0.0833. The van der Waals surface area contributed by atoms with E-state index in [0.717, 1.165) is 15.6 Å². The molecule has 1 aromatic carbocycles. The van der Waals surface area contributed by atoms with Crippen LogP contribution in [-0.2, 0) is 6.54 Å². The highest BCUT2D eigenvalue weighted by Gasteiger charge is 2.04. The van der Waals surface area contributed by atoms with Gasteiger partial charge in [-0.3, -0.25) is 4.68 Å². The van der Waals surface area contributed by atoms with Crippen LogP contribution in [0.15, 0.2) is 41.1 Å². The molecule has 0 bridgehead atoms. The Hall–Kier alpha value is -1.53. The van der Waals surface area contributed by atoms with E-state index >= 15 is 0 Å². The summed E-state index contributed by atoms with van der Waals surface area (Å²) in [6.45, 7) is 0.504. The van der Waals surface area contributed by atoms with Crippen molar-refractivity contribution < 1.29 is 0 Å². The van der Waals surface area contributed by atoms with Gasteiger partial charge in [0, 0.05) is 16.2 Å². The summed E-state index contributed by atoms with van der Waals surface area (Å²) in [5, 5.41) is 4.18. The van der Waals surface area contributed by atoms with E-state index in [-0.39, 0.29) is 0 Å². The first-order valence-electron chi connectivity index (χ1n) is 4.52. The molecule has 0 fully saturated rings. The Bertz CT molecular complexity index is 508. The molecule has 0 N–H and O–H groups in total. The molecule has 1 aromatic heterocycles. The smallest absolute Gasteiger partial charge is 0.101 e. The van der Waals surface area contributed by atoms with E-state index in [0.29, 0.717) is 6.54 Å². The van der Waals surface area contributed by atoms with Gasteiger partial charge in [0.2, 0.25) is 0 Å². The van der Waals surface area contributed by atoms with Crippen molar-refractivity contribution in [1.29, 1.82) is 0 Å². The minimum atomic E-state index is 0.504. The largest absolute Gasteiger partial charge is 0.260 e. The molecule has 74 valence electrons. The highest BCUT2D eigenvalue weighted by molar-refractivity contribution is 9.10. The summed E-state index contributed by atoms with van der Waals surface area (Å²) >= 11 is 3.50. The third kappa shape index (κ3) is 2.11. The molecule has 1 heterocycles. The lowest BCUT2D eigenvalue weighted by Gasteiger charge is -1.99. The zero-order valence-electron chi connectivity index (χ0n) is 8.02. The van der Waals surface area contributed by atoms with Gasteiger partial charge in [0.05, 0.1) is 6.20 Å². The third-order valence-corrected chi connectivity index (χ3v) is 2.76. The quantitative estimate of drug-likeness (QED) is 0.760. The predicted molar refractivity (Wildman–Crippen MR) is 64.2 cm³/mol. The summed E-state index contributed by atoms with van der Waals surface area (Å²) < 4.78 is 2.81. The molecule has 2 rings (SSSR count). The number of hydrogen-bond donors (Lipinski definition) is 0. The van der Waals surface area contributed by atoms with Crippen molar-refractivity contribution in [3.63, 3.8) is 0 Å². The van der Waals surface area contributed by atoms with E-state index in [4.69, 9.17) is 6.42 Å². The number of halogens is 1. The van der Waals surface area contributed by atoms with Gasteiger partial charge in [0.1, 0.15) is 6.54 Å². The number of nitrogens with zero attached hydrogens (tertiary/aromatic N) is 2. The maximum absolute atomic E-state index is 5.22. The number of rotatable bonds is 2. The van der Waals surface area contributed by atoms with Crippen molar-refractivity contribution in [2.24, 2.45) is 0 Å². The van der Waals surface area contributed by atoms with Crippen LogP contribution >= 0.6 is 15.9 Å². The van der Waals surface area contributed by atoms with Gasteiger partial charge in [-0.2, -0.15) is 5.10 Å². The molecule has 2 nitrogen and oxygen atoms in total. The maximum atomic E-state index is 5.22. The van der Waals surface area contributed by atoms with Gasteiger partial charge in [0.25, 0.3) is 0 Å². The summed E-state index contributed by atoms with van der Waals surface area (Å²) in [7, 11) is 0. The molecule has 0 aliphatic rings. The molecule has 0 saturated heterocycles. The molecule has 2 aromatic rings. The first-order chi connectivity index (χ1) is 7.31. The molecule has 0 aliphatic heterocycles. The first-order valence-corrected chi connectivity index (χ1v) is 5.31. The average molecular weight is 261 g/mol. The average Bonchev–Trinajstić information content (AvgIpc) is 2.68. The number of hydrogen-bond acceptors (Lipinski definition) is 1. The van der Waals surface area contributed by atoms with Crippen molar-refractivity contribution in [1.82, 2.24) is 9.78 Å². The van der Waals surface area contributed by atoms with E-state index in [2.05, 4.69) is 26.9 Å². The molecular weight excluding hydrogens is 252 g/mol. The lowest BCUT2D eigenvalue weighted by molar-refractivity contribution is 0.716. The zero-order valence-corrected chi connectivity index (χ0v) is 9.61. The van der Waals surface area contributed by atoms with Crippen LogP contribution in [0.1, 0.15) is 0 Å². The van der Waals surface area contributed by atoms with Crippen molar-refractivity contribution >= 4 is 15.9 Å². The molecule has 0 unspecified atom stereocenters. The van der Waals surface area contributed by atoms with E-state index in [1.54, 1.807) is 4.68 Å². The molecule has 0 atom stereocenters. The molecule has 0 aliphatic carbocycles. The fourth-order valence-corrected chi connectivity index (χ4v) is 1.89. The number of terminal acetylenes is 1. The van der Waals surface area contributed by atoms with Crippen molar-refractivity contribution in [3.8, 4) is 23.5 Å². The molecule has 3 heteroatoms. The van der Waals surface area contributed by atoms with Crippen LogP contribution in [0, 0.1) is 12.3 Å². The topological polar surface area (TPSA) is 17.8 Å². The SMILES string of the molecule is C#CCn1cc(-c2ccccc2Br)cn1. The van der Waals surface area contributed by atoms with Crippen LogP contribution in [-0.4, -0.2) is 9.78 Å². The summed E-state index contributed by atoms with van der Waals surface area (Å²) in [5.74, 6) is 2.55. The lowest BCUT2D eigenvalue weighted by Crippen LogP contribution is -1.93. The second-order valence-corrected chi connectivity index (χ2v) is 3.96. The van der Waals surface area contributed by atoms with Crippen LogP contribution in [0.25, 0.3) is 11.1 Å². The molecule has 0 amide bonds. The fourth-order valence-electron chi connectivity index (χ4n) is 1.38. The Kier molecular flexibility index (Phi) is 2.89. The summed E-state index contributed by atoms with van der Waals surface area (Å²) in [6.07, 6.45) is 8.98. The minimum absolute atomic E-state index is 0.504. The van der Waals surface area contributed by atoms with Gasteiger partial charge >= 0.3 is 0 Å². The van der Waals surface area contributed by atoms with E-state index in [1.807, 2.05) is 36.7 Å². The van der Waals surface area contributed by atoms with Crippen molar-refractivity contribution in [2.45, 2.75) is 6.54 Å². The minimum Gasteiger partial charge on any atom is -0.260 e. The highest BCUT2D eigenvalue weighted by Crippen LogP contribution is 2.27. The van der Waals surface area contributed by atoms with E-state index in [1.165, 1.54) is 0 Å². The van der Waals surface area contributed by atoms with Gasteiger partial charge in [-0.05, 0) is 11.6 Å². The van der Waals surface area contributed by atoms with E-state index < -0.39 is 0 Å². The van der Waals surface area contributed by atoms with E-state index in [9.17, 15) is 0 Å². The van der Waals surface area contributed by atoms with Gasteiger partial charge in [-0.25, -0.2) is 0 Å². The molecule has 0 saturated carbocycles. The zero-order chi connectivity index (χ0) is 10.7. The lowest BCUT2D eigenvalue weighted by atomic mass is 10.1. The molecular formula is C12H9BrN2. The Morgan fingerprint density at radius 3 is 2.93 bits per heavy atom. The molecule has 0 radical (unpaired) electrons. The number of aromatic nitrogens is 2. The predicted octanol–water partition coefficient (Wildman–Crippen LogP) is 2.95. The summed E-state index contributed by atoms with van der Waals surface area (Å²) in [5.41, 5.74) is 2.19. The Balaban J connectivity index is 2.38. The van der Waals surface area contributed by atoms with Crippen LogP contribution in [0.2, 0.25) is 0 Å². The summed E-state index contributed by atoms with van der Waals surface area (Å²) in [6, 6.07) is 8.03. The Labute approximate surface area is 97.1 Å². The van der Waals surface area contributed by atoms with Crippen LogP contribution in [0.5, 0.6) is 0 Å².